The summed E-state index contributed by atoms with van der Waals surface area (Å²) in [5.74, 6) is -1.11. The lowest BCUT2D eigenvalue weighted by atomic mass is 9.98. The summed E-state index contributed by atoms with van der Waals surface area (Å²) in [5.41, 5.74) is 1.98. The molecule has 0 aliphatic carbocycles. The Kier molecular flexibility index (Phi) is 7.69. The topological polar surface area (TPSA) is 96.7 Å². The van der Waals surface area contributed by atoms with Crippen LogP contribution in [-0.2, 0) is 11.2 Å². The van der Waals surface area contributed by atoms with Crippen molar-refractivity contribution in [3.63, 3.8) is 0 Å². The number of hydrogen-bond donors (Lipinski definition) is 2. The third-order valence-corrected chi connectivity index (χ3v) is 5.60. The maximum atomic E-state index is 15.0. The molecule has 0 saturated carbocycles. The van der Waals surface area contributed by atoms with Gasteiger partial charge in [-0.1, -0.05) is 18.2 Å². The van der Waals surface area contributed by atoms with E-state index in [-0.39, 0.29) is 36.5 Å². The number of carbonyl (C=O) groups is 1. The monoisotopic (exact) mass is 478 g/mol. The van der Waals surface area contributed by atoms with Crippen molar-refractivity contribution in [1.29, 1.82) is 0 Å². The van der Waals surface area contributed by atoms with Gasteiger partial charge in [-0.15, -0.1) is 0 Å². The Labute approximate surface area is 201 Å². The van der Waals surface area contributed by atoms with E-state index in [4.69, 9.17) is 4.74 Å². The minimum atomic E-state index is -1.04. The molecule has 2 aromatic carbocycles. The predicted octanol–water partition coefficient (Wildman–Crippen LogP) is 2.99. The van der Waals surface area contributed by atoms with E-state index in [2.05, 4.69) is 20.3 Å². The zero-order valence-corrected chi connectivity index (χ0v) is 19.0. The number of aliphatic imine (C=N–C) groups is 1. The van der Waals surface area contributed by atoms with Crippen LogP contribution < -0.4 is 5.32 Å². The Bertz CT molecular complexity index is 1250. The van der Waals surface area contributed by atoms with Crippen LogP contribution >= 0.6 is 0 Å². The summed E-state index contributed by atoms with van der Waals surface area (Å²) in [6.07, 6.45) is 3.93. The van der Waals surface area contributed by atoms with Crippen LogP contribution in [0.1, 0.15) is 27.3 Å². The van der Waals surface area contributed by atoms with Crippen LogP contribution in [0.5, 0.6) is 0 Å². The van der Waals surface area contributed by atoms with Crippen molar-refractivity contribution in [2.45, 2.75) is 18.6 Å². The van der Waals surface area contributed by atoms with E-state index in [1.807, 2.05) is 0 Å². The fourth-order valence-corrected chi connectivity index (χ4v) is 3.84. The third kappa shape index (κ3) is 5.82. The molecule has 0 bridgehead atoms. The van der Waals surface area contributed by atoms with E-state index >= 15 is 0 Å². The summed E-state index contributed by atoms with van der Waals surface area (Å²) < 4.78 is 33.3. The van der Waals surface area contributed by atoms with Gasteiger partial charge in [-0.25, -0.2) is 18.7 Å². The first-order chi connectivity index (χ1) is 17.0. The molecule has 0 unspecified atom stereocenters. The molecule has 0 spiro atoms. The lowest BCUT2D eigenvalue weighted by Crippen LogP contribution is -2.47. The molecule has 0 fully saturated rings. The number of halogens is 2. The highest BCUT2D eigenvalue weighted by atomic mass is 19.1. The number of benzene rings is 2. The van der Waals surface area contributed by atoms with Crippen molar-refractivity contribution < 1.29 is 23.4 Å². The van der Waals surface area contributed by atoms with Crippen LogP contribution in [0.25, 0.3) is 5.57 Å². The van der Waals surface area contributed by atoms with Gasteiger partial charge in [0.15, 0.2) is 0 Å². The van der Waals surface area contributed by atoms with Gasteiger partial charge in [0, 0.05) is 31.5 Å². The number of nitrogens with zero attached hydrogens (tertiary/aromatic N) is 3. The molecule has 3 aromatic rings. The van der Waals surface area contributed by atoms with Gasteiger partial charge in [0.25, 0.3) is 5.91 Å². The number of rotatable bonds is 9. The summed E-state index contributed by atoms with van der Waals surface area (Å²) in [6.45, 7) is 0.251. The number of aliphatic hydroxyl groups excluding tert-OH is 1. The average Bonchev–Trinajstić information content (AvgIpc) is 3.34. The molecule has 7 nitrogen and oxygen atoms in total. The summed E-state index contributed by atoms with van der Waals surface area (Å²) >= 11 is 0. The van der Waals surface area contributed by atoms with Gasteiger partial charge in [-0.2, -0.15) is 0 Å². The second-order valence-electron chi connectivity index (χ2n) is 8.01. The summed E-state index contributed by atoms with van der Waals surface area (Å²) in [5, 5.41) is 13.3. The molecule has 2 N–H and O–H groups in total. The SMILES string of the molecule is COC[C@@H](O)[C@@H](Cc1ncccn1)NC(=O)c1cccc(F)c1C1=NCC(c2ccc(F)cc2)=C1. The molecule has 180 valence electrons. The normalized spacial score (nSPS) is 14.7. The summed E-state index contributed by atoms with van der Waals surface area (Å²) in [7, 11) is 1.44. The standard InChI is InChI=1S/C26H24F2N4O3/c1-35-15-23(33)21(13-24-29-10-3-11-30-24)32-26(34)19-4-2-5-20(28)25(19)22-12-17(14-31-22)16-6-8-18(27)9-7-16/h2-12,21,23,33H,13-15H2,1H3,(H,32,34)/t21-,23-/m1/s1. The van der Waals surface area contributed by atoms with Gasteiger partial charge in [0.1, 0.15) is 17.5 Å². The molecular weight excluding hydrogens is 454 g/mol. The first kappa shape index (κ1) is 24.3. The lowest BCUT2D eigenvalue weighted by Gasteiger charge is -2.24. The van der Waals surface area contributed by atoms with Gasteiger partial charge < -0.3 is 15.2 Å². The van der Waals surface area contributed by atoms with Gasteiger partial charge in [-0.3, -0.25) is 9.79 Å². The maximum Gasteiger partial charge on any atom is 0.252 e. The van der Waals surface area contributed by atoms with Crippen LogP contribution in [0.4, 0.5) is 8.78 Å². The number of carbonyl (C=O) groups excluding carboxylic acids is 1. The first-order valence-electron chi connectivity index (χ1n) is 11.0. The molecule has 9 heteroatoms. The van der Waals surface area contributed by atoms with Crippen LogP contribution in [0.15, 0.2) is 72.0 Å². The minimum absolute atomic E-state index is 0.0235. The molecule has 1 amide bonds. The van der Waals surface area contributed by atoms with Gasteiger partial charge in [0.2, 0.25) is 0 Å². The molecule has 1 aromatic heterocycles. The number of aromatic nitrogens is 2. The molecule has 2 atom stereocenters. The Balaban J connectivity index is 1.60. The van der Waals surface area contributed by atoms with Crippen molar-refractivity contribution in [3.8, 4) is 0 Å². The number of amides is 1. The zero-order chi connectivity index (χ0) is 24.8. The van der Waals surface area contributed by atoms with Gasteiger partial charge in [0.05, 0.1) is 36.6 Å². The van der Waals surface area contributed by atoms with Crippen molar-refractivity contribution in [2.75, 3.05) is 20.3 Å². The van der Waals surface area contributed by atoms with Gasteiger partial charge in [-0.05, 0) is 47.5 Å². The fraction of sp³-hybridized carbons (Fsp3) is 0.231. The number of nitrogens with one attached hydrogen (secondary N) is 1. The molecule has 0 saturated heterocycles. The van der Waals surface area contributed by atoms with E-state index in [0.717, 1.165) is 11.1 Å². The Hall–Kier alpha value is -3.82. The minimum Gasteiger partial charge on any atom is -0.389 e. The van der Waals surface area contributed by atoms with E-state index in [1.165, 1.54) is 37.4 Å². The molecular formula is C26H24F2N4O3. The zero-order valence-electron chi connectivity index (χ0n) is 19.0. The van der Waals surface area contributed by atoms with Crippen LogP contribution in [0.3, 0.4) is 0 Å². The Morgan fingerprint density at radius 3 is 2.57 bits per heavy atom. The van der Waals surface area contributed by atoms with Crippen molar-refractivity contribution in [3.05, 3.63) is 101 Å². The highest BCUT2D eigenvalue weighted by Crippen LogP contribution is 2.25. The number of allylic oxidation sites excluding steroid dienone is 1. The Morgan fingerprint density at radius 1 is 1.11 bits per heavy atom. The second-order valence-corrected chi connectivity index (χ2v) is 8.01. The van der Waals surface area contributed by atoms with E-state index < -0.39 is 23.9 Å². The second kappa shape index (κ2) is 11.1. The smallest absolute Gasteiger partial charge is 0.252 e. The van der Waals surface area contributed by atoms with Crippen molar-refractivity contribution in [1.82, 2.24) is 15.3 Å². The third-order valence-electron chi connectivity index (χ3n) is 5.60. The number of hydrogen-bond acceptors (Lipinski definition) is 6. The first-order valence-corrected chi connectivity index (χ1v) is 11.0. The number of ether oxygens (including phenoxy) is 1. The summed E-state index contributed by atoms with van der Waals surface area (Å²) in [6, 6.07) is 11.0. The molecule has 1 aliphatic heterocycles. The maximum absolute atomic E-state index is 15.0. The van der Waals surface area contributed by atoms with Crippen LogP contribution in [0.2, 0.25) is 0 Å². The van der Waals surface area contributed by atoms with Crippen LogP contribution in [0, 0.1) is 11.6 Å². The Morgan fingerprint density at radius 2 is 1.86 bits per heavy atom. The quantitative estimate of drug-likeness (QED) is 0.493. The van der Waals surface area contributed by atoms with Crippen LogP contribution in [-0.4, -0.2) is 59.1 Å². The fourth-order valence-electron chi connectivity index (χ4n) is 3.84. The lowest BCUT2D eigenvalue weighted by molar-refractivity contribution is 0.0366. The highest BCUT2D eigenvalue weighted by molar-refractivity contribution is 6.19. The van der Waals surface area contributed by atoms with E-state index in [0.29, 0.717) is 11.5 Å². The number of methoxy groups -OCH3 is 1. The number of aliphatic hydroxyl groups is 1. The molecule has 0 radical (unpaired) electrons. The highest BCUT2D eigenvalue weighted by Gasteiger charge is 2.27. The van der Waals surface area contributed by atoms with E-state index in [9.17, 15) is 18.7 Å². The van der Waals surface area contributed by atoms with E-state index in [1.54, 1.807) is 36.7 Å². The molecule has 2 heterocycles. The summed E-state index contributed by atoms with van der Waals surface area (Å²) in [4.78, 5) is 26.0. The molecule has 4 rings (SSSR count). The van der Waals surface area contributed by atoms with Crippen molar-refractivity contribution in [2.24, 2.45) is 4.99 Å². The predicted molar refractivity (Wildman–Crippen MR) is 127 cm³/mol. The van der Waals surface area contributed by atoms with Gasteiger partial charge >= 0.3 is 0 Å². The van der Waals surface area contributed by atoms with Crippen molar-refractivity contribution >= 4 is 17.2 Å². The largest absolute Gasteiger partial charge is 0.389 e. The molecule has 1 aliphatic rings. The molecule has 35 heavy (non-hydrogen) atoms. The average molecular weight is 478 g/mol.